The molecule has 130 valence electrons. The molecule has 1 saturated heterocycles. The SMILES string of the molecule is C=CC(=O)N1CCC(C(=O)Nc2ccc(-c3csc(C)n3)cc2)CC1. The molecule has 25 heavy (non-hydrogen) atoms. The van der Waals surface area contributed by atoms with Gasteiger partial charge in [0, 0.05) is 35.6 Å². The molecule has 1 aromatic heterocycles. The number of rotatable bonds is 4. The summed E-state index contributed by atoms with van der Waals surface area (Å²) in [5.41, 5.74) is 2.78. The Balaban J connectivity index is 1.56. The van der Waals surface area contributed by atoms with Crippen molar-refractivity contribution in [2.45, 2.75) is 19.8 Å². The lowest BCUT2D eigenvalue weighted by Gasteiger charge is -2.30. The summed E-state index contributed by atoms with van der Waals surface area (Å²) in [6.07, 6.45) is 2.69. The van der Waals surface area contributed by atoms with Gasteiger partial charge >= 0.3 is 0 Å². The maximum absolute atomic E-state index is 12.4. The number of hydrogen-bond donors (Lipinski definition) is 1. The summed E-state index contributed by atoms with van der Waals surface area (Å²) in [6, 6.07) is 7.74. The van der Waals surface area contributed by atoms with Crippen LogP contribution in [0, 0.1) is 12.8 Å². The second kappa shape index (κ2) is 7.61. The molecule has 2 heterocycles. The number of anilines is 1. The van der Waals surface area contributed by atoms with E-state index in [0.717, 1.165) is 22.0 Å². The number of benzene rings is 1. The summed E-state index contributed by atoms with van der Waals surface area (Å²) in [4.78, 5) is 30.2. The lowest BCUT2D eigenvalue weighted by Crippen LogP contribution is -2.40. The van der Waals surface area contributed by atoms with Crippen molar-refractivity contribution in [2.24, 2.45) is 5.92 Å². The Kier molecular flexibility index (Phi) is 5.28. The Bertz CT molecular complexity index is 774. The third-order valence-electron chi connectivity index (χ3n) is 4.42. The fraction of sp³-hybridized carbons (Fsp3) is 0.316. The highest BCUT2D eigenvalue weighted by atomic mass is 32.1. The lowest BCUT2D eigenvalue weighted by molar-refractivity contribution is -0.130. The van der Waals surface area contributed by atoms with E-state index in [1.807, 2.05) is 36.6 Å². The predicted molar refractivity (Wildman–Crippen MR) is 100 cm³/mol. The molecule has 1 fully saturated rings. The van der Waals surface area contributed by atoms with Crippen molar-refractivity contribution in [3.8, 4) is 11.3 Å². The number of aromatic nitrogens is 1. The van der Waals surface area contributed by atoms with Crippen molar-refractivity contribution in [3.05, 3.63) is 47.3 Å². The number of carbonyl (C=O) groups is 2. The maximum Gasteiger partial charge on any atom is 0.245 e. The molecule has 0 saturated carbocycles. The van der Waals surface area contributed by atoms with E-state index in [4.69, 9.17) is 0 Å². The third-order valence-corrected chi connectivity index (χ3v) is 5.19. The van der Waals surface area contributed by atoms with Crippen molar-refractivity contribution < 1.29 is 9.59 Å². The molecule has 2 amide bonds. The van der Waals surface area contributed by atoms with E-state index in [2.05, 4.69) is 16.9 Å². The number of thiazole rings is 1. The van der Waals surface area contributed by atoms with Gasteiger partial charge in [0.25, 0.3) is 0 Å². The topological polar surface area (TPSA) is 62.3 Å². The van der Waals surface area contributed by atoms with Crippen LogP contribution in [0.25, 0.3) is 11.3 Å². The molecule has 1 aliphatic heterocycles. The van der Waals surface area contributed by atoms with E-state index in [-0.39, 0.29) is 17.7 Å². The van der Waals surface area contributed by atoms with E-state index >= 15 is 0 Å². The minimum absolute atomic E-state index is 0.0166. The minimum Gasteiger partial charge on any atom is -0.339 e. The average Bonchev–Trinajstić information content (AvgIpc) is 3.08. The lowest BCUT2D eigenvalue weighted by atomic mass is 9.95. The van der Waals surface area contributed by atoms with Gasteiger partial charge in [-0.15, -0.1) is 11.3 Å². The molecule has 0 radical (unpaired) electrons. The van der Waals surface area contributed by atoms with Gasteiger partial charge in [0.15, 0.2) is 0 Å². The standard InChI is InChI=1S/C19H21N3O2S/c1-3-18(23)22-10-8-15(9-11-22)19(24)21-16-6-4-14(5-7-16)17-12-25-13(2)20-17/h3-7,12,15H,1,8-11H2,2H3,(H,21,24). The predicted octanol–water partition coefficient (Wildman–Crippen LogP) is 3.48. The van der Waals surface area contributed by atoms with Crippen molar-refractivity contribution >= 4 is 28.8 Å². The molecule has 6 heteroatoms. The summed E-state index contributed by atoms with van der Waals surface area (Å²) in [6.45, 7) is 6.69. The number of hydrogen-bond acceptors (Lipinski definition) is 4. The van der Waals surface area contributed by atoms with Gasteiger partial charge in [-0.2, -0.15) is 0 Å². The Labute approximate surface area is 151 Å². The number of carbonyl (C=O) groups excluding carboxylic acids is 2. The number of likely N-dealkylation sites (tertiary alicyclic amines) is 1. The van der Waals surface area contributed by atoms with Gasteiger partial charge in [0.05, 0.1) is 10.7 Å². The van der Waals surface area contributed by atoms with Crippen molar-refractivity contribution in [2.75, 3.05) is 18.4 Å². The highest BCUT2D eigenvalue weighted by molar-refractivity contribution is 7.09. The highest BCUT2D eigenvalue weighted by Gasteiger charge is 2.26. The Morgan fingerprint density at radius 3 is 2.52 bits per heavy atom. The average molecular weight is 355 g/mol. The van der Waals surface area contributed by atoms with Gasteiger partial charge in [0.1, 0.15) is 0 Å². The molecule has 3 rings (SSSR count). The number of nitrogens with zero attached hydrogens (tertiary/aromatic N) is 2. The summed E-state index contributed by atoms with van der Waals surface area (Å²) in [7, 11) is 0. The molecule has 2 aromatic rings. The summed E-state index contributed by atoms with van der Waals surface area (Å²) >= 11 is 1.62. The van der Waals surface area contributed by atoms with Gasteiger partial charge in [0.2, 0.25) is 11.8 Å². The van der Waals surface area contributed by atoms with Crippen LogP contribution in [0.15, 0.2) is 42.3 Å². The summed E-state index contributed by atoms with van der Waals surface area (Å²) in [5.74, 6) is -0.107. The van der Waals surface area contributed by atoms with Crippen LogP contribution in [0.4, 0.5) is 5.69 Å². The zero-order chi connectivity index (χ0) is 17.8. The number of nitrogens with one attached hydrogen (secondary N) is 1. The number of piperidine rings is 1. The molecule has 1 aromatic carbocycles. The van der Waals surface area contributed by atoms with Gasteiger partial charge < -0.3 is 10.2 Å². The van der Waals surface area contributed by atoms with Crippen molar-refractivity contribution in [1.82, 2.24) is 9.88 Å². The quantitative estimate of drug-likeness (QED) is 0.854. The van der Waals surface area contributed by atoms with Crippen LogP contribution in [0.5, 0.6) is 0 Å². The third kappa shape index (κ3) is 4.14. The zero-order valence-electron chi connectivity index (χ0n) is 14.2. The van der Waals surface area contributed by atoms with Crippen molar-refractivity contribution in [1.29, 1.82) is 0 Å². The first-order chi connectivity index (χ1) is 12.1. The Morgan fingerprint density at radius 1 is 1.28 bits per heavy atom. The molecule has 0 spiro atoms. The highest BCUT2D eigenvalue weighted by Crippen LogP contribution is 2.24. The fourth-order valence-electron chi connectivity index (χ4n) is 2.96. The maximum atomic E-state index is 12.4. The van der Waals surface area contributed by atoms with Crippen LogP contribution in [0.1, 0.15) is 17.8 Å². The fourth-order valence-corrected chi connectivity index (χ4v) is 3.58. The molecule has 5 nitrogen and oxygen atoms in total. The number of amides is 2. The van der Waals surface area contributed by atoms with Crippen LogP contribution in [0.2, 0.25) is 0 Å². The minimum atomic E-state index is -0.0632. The van der Waals surface area contributed by atoms with Crippen LogP contribution >= 0.6 is 11.3 Å². The van der Waals surface area contributed by atoms with Crippen LogP contribution in [-0.2, 0) is 9.59 Å². The molecule has 0 aliphatic carbocycles. The summed E-state index contributed by atoms with van der Waals surface area (Å²) in [5, 5.41) is 6.04. The smallest absolute Gasteiger partial charge is 0.245 e. The van der Waals surface area contributed by atoms with Crippen LogP contribution in [0.3, 0.4) is 0 Å². The van der Waals surface area contributed by atoms with Crippen LogP contribution < -0.4 is 5.32 Å². The Morgan fingerprint density at radius 2 is 1.96 bits per heavy atom. The van der Waals surface area contributed by atoms with E-state index < -0.39 is 0 Å². The van der Waals surface area contributed by atoms with Gasteiger partial charge in [-0.3, -0.25) is 9.59 Å². The van der Waals surface area contributed by atoms with Gasteiger partial charge in [-0.25, -0.2) is 4.98 Å². The summed E-state index contributed by atoms with van der Waals surface area (Å²) < 4.78 is 0. The number of aryl methyl sites for hydroxylation is 1. The molecule has 0 bridgehead atoms. The molecular formula is C19H21N3O2S. The first kappa shape index (κ1) is 17.4. The zero-order valence-corrected chi connectivity index (χ0v) is 15.0. The molecular weight excluding hydrogens is 334 g/mol. The van der Waals surface area contributed by atoms with Gasteiger partial charge in [-0.05, 0) is 38.0 Å². The van der Waals surface area contributed by atoms with E-state index in [1.165, 1.54) is 6.08 Å². The normalized spacial score (nSPS) is 15.0. The first-order valence-electron chi connectivity index (χ1n) is 8.31. The second-order valence-electron chi connectivity index (χ2n) is 6.12. The van der Waals surface area contributed by atoms with E-state index in [0.29, 0.717) is 25.9 Å². The van der Waals surface area contributed by atoms with E-state index in [9.17, 15) is 9.59 Å². The molecule has 0 unspecified atom stereocenters. The molecule has 1 aliphatic rings. The monoisotopic (exact) mass is 355 g/mol. The second-order valence-corrected chi connectivity index (χ2v) is 7.18. The molecule has 1 N–H and O–H groups in total. The van der Waals surface area contributed by atoms with Crippen molar-refractivity contribution in [3.63, 3.8) is 0 Å². The molecule has 0 atom stereocenters. The Hall–Kier alpha value is -2.47. The first-order valence-corrected chi connectivity index (χ1v) is 9.19. The van der Waals surface area contributed by atoms with Gasteiger partial charge in [-0.1, -0.05) is 18.7 Å². The van der Waals surface area contributed by atoms with Crippen LogP contribution in [-0.4, -0.2) is 34.8 Å². The van der Waals surface area contributed by atoms with E-state index in [1.54, 1.807) is 16.2 Å². The largest absolute Gasteiger partial charge is 0.339 e.